The standard InChI is InChI=1S/C75H137NO13/c1-3-5-7-9-11-13-15-17-19-21-23-25-26-27-28-29-30-31-32-33-34-35-36-37-38-39-41-43-45-47-49-51-53-55-57-59-67(80)76-63(64(79)58-56-54-52-50-48-46-44-42-40-24-22-20-18-16-14-12-10-8-6-4-2)62-86-74-72(85)70(83)73(66(61-78)88-74)89-75-71(84)69(82)68(81)65(60-77)87-75/h15,17,21,23,40,42,48,50,56,58,63-66,68-75,77-79,81-85H,3-14,16,18-20,22,24-39,41,43-47,49,51-55,57,59-62H2,1-2H3,(H,76,80)/b17-15-,23-21-,42-40+,50-48+,58-56+. The molecule has 14 heteroatoms. The Morgan fingerprint density at radius 3 is 1.17 bits per heavy atom. The molecule has 2 aliphatic rings. The molecule has 14 nitrogen and oxygen atoms in total. The molecule has 0 saturated carbocycles. The number of unbranched alkanes of at least 4 members (excludes halogenated alkanes) is 40. The van der Waals surface area contributed by atoms with Gasteiger partial charge in [-0.25, -0.2) is 0 Å². The molecule has 0 radical (unpaired) electrons. The molecule has 0 bridgehead atoms. The lowest BCUT2D eigenvalue weighted by atomic mass is 9.97. The number of aliphatic hydroxyl groups is 8. The van der Waals surface area contributed by atoms with E-state index < -0.39 is 86.8 Å². The van der Waals surface area contributed by atoms with Crippen LogP contribution in [0.25, 0.3) is 0 Å². The Hall–Kier alpha value is -2.31. The molecule has 12 atom stereocenters. The number of allylic oxidation sites excluding steroid dienone is 9. The van der Waals surface area contributed by atoms with Crippen LogP contribution in [0.4, 0.5) is 0 Å². The van der Waals surface area contributed by atoms with Crippen molar-refractivity contribution in [3.05, 3.63) is 60.8 Å². The van der Waals surface area contributed by atoms with E-state index in [2.05, 4.69) is 67.8 Å². The lowest BCUT2D eigenvalue weighted by molar-refractivity contribution is -0.359. The minimum absolute atomic E-state index is 0.249. The fraction of sp³-hybridized carbons (Fsp3) is 0.853. The van der Waals surface area contributed by atoms with Gasteiger partial charge in [0.05, 0.1) is 32.0 Å². The number of amides is 1. The summed E-state index contributed by atoms with van der Waals surface area (Å²) in [5.41, 5.74) is 0. The summed E-state index contributed by atoms with van der Waals surface area (Å²) in [6.07, 6.45) is 63.0. The van der Waals surface area contributed by atoms with Crippen LogP contribution in [0, 0.1) is 0 Å². The van der Waals surface area contributed by atoms with Crippen LogP contribution in [0.3, 0.4) is 0 Å². The Morgan fingerprint density at radius 2 is 0.753 bits per heavy atom. The summed E-state index contributed by atoms with van der Waals surface area (Å²) >= 11 is 0. The number of ether oxygens (including phenoxy) is 4. The molecule has 0 spiro atoms. The molecular formula is C75H137NO13. The first-order valence-electron chi connectivity index (χ1n) is 37.0. The highest BCUT2D eigenvalue weighted by Gasteiger charge is 2.51. The van der Waals surface area contributed by atoms with Gasteiger partial charge in [0.15, 0.2) is 12.6 Å². The van der Waals surface area contributed by atoms with Crippen molar-refractivity contribution in [2.75, 3.05) is 19.8 Å². The van der Waals surface area contributed by atoms with E-state index in [-0.39, 0.29) is 18.9 Å². The smallest absolute Gasteiger partial charge is 0.220 e. The van der Waals surface area contributed by atoms with Crippen LogP contribution in [0.5, 0.6) is 0 Å². The van der Waals surface area contributed by atoms with Crippen molar-refractivity contribution >= 4 is 5.91 Å². The molecule has 2 fully saturated rings. The summed E-state index contributed by atoms with van der Waals surface area (Å²) in [4.78, 5) is 13.3. The molecule has 0 aliphatic carbocycles. The molecule has 89 heavy (non-hydrogen) atoms. The summed E-state index contributed by atoms with van der Waals surface area (Å²) in [6.45, 7) is 2.80. The monoisotopic (exact) mass is 1260 g/mol. The van der Waals surface area contributed by atoms with E-state index in [0.717, 1.165) is 51.4 Å². The maximum absolute atomic E-state index is 13.3. The Kier molecular flexibility index (Phi) is 55.3. The maximum Gasteiger partial charge on any atom is 0.220 e. The van der Waals surface area contributed by atoms with Gasteiger partial charge in [0.25, 0.3) is 0 Å². The number of carbonyl (C=O) groups excluding carboxylic acids is 1. The highest BCUT2D eigenvalue weighted by Crippen LogP contribution is 2.30. The van der Waals surface area contributed by atoms with Crippen molar-refractivity contribution in [2.45, 2.75) is 389 Å². The zero-order valence-electron chi connectivity index (χ0n) is 56.7. The topological polar surface area (TPSA) is 228 Å². The van der Waals surface area contributed by atoms with Gasteiger partial charge in [-0.15, -0.1) is 0 Å². The van der Waals surface area contributed by atoms with Gasteiger partial charge < -0.3 is 65.1 Å². The Morgan fingerprint density at radius 1 is 0.404 bits per heavy atom. The molecule has 2 saturated heterocycles. The highest BCUT2D eigenvalue weighted by molar-refractivity contribution is 5.76. The minimum atomic E-state index is -1.79. The first-order valence-corrected chi connectivity index (χ1v) is 37.0. The van der Waals surface area contributed by atoms with Gasteiger partial charge >= 0.3 is 0 Å². The molecule has 0 aromatic rings. The second-order valence-electron chi connectivity index (χ2n) is 26.1. The van der Waals surface area contributed by atoms with Crippen LogP contribution in [-0.4, -0.2) is 140 Å². The molecule has 0 aromatic heterocycles. The molecule has 0 aromatic carbocycles. The SMILES string of the molecule is CCCCCCC/C=C\C/C=C\CCCCCCCCCCCCCCCCCCCCCCCCCC(=O)NC(COC1OC(CO)C(OC2OC(CO)C(O)C(O)C2O)C(O)C1O)C(O)/C=C/CC/C=C/CC/C=C/CCCCCCCCCCCC. The van der Waals surface area contributed by atoms with Crippen molar-refractivity contribution in [1.82, 2.24) is 5.32 Å². The molecule has 12 unspecified atom stereocenters. The van der Waals surface area contributed by atoms with Crippen LogP contribution in [0.2, 0.25) is 0 Å². The Labute approximate surface area is 543 Å². The quantitative estimate of drug-likeness (QED) is 0.0204. The van der Waals surface area contributed by atoms with Gasteiger partial charge in [0, 0.05) is 6.42 Å². The van der Waals surface area contributed by atoms with Crippen LogP contribution in [-0.2, 0) is 23.7 Å². The average molecular weight is 1260 g/mol. The van der Waals surface area contributed by atoms with E-state index >= 15 is 0 Å². The third-order valence-electron chi connectivity index (χ3n) is 17.9. The number of hydrogen-bond acceptors (Lipinski definition) is 13. The normalized spacial score (nSPS) is 23.3. The van der Waals surface area contributed by atoms with Crippen LogP contribution in [0.15, 0.2) is 60.8 Å². The summed E-state index contributed by atoms with van der Waals surface area (Å²) in [6, 6.07) is -0.939. The average Bonchev–Trinajstić information content (AvgIpc) is 3.62. The number of hydrogen-bond donors (Lipinski definition) is 9. The fourth-order valence-electron chi connectivity index (χ4n) is 12.0. The fourth-order valence-corrected chi connectivity index (χ4v) is 12.0. The summed E-state index contributed by atoms with van der Waals surface area (Å²) in [5, 5.41) is 87.4. The number of carbonyl (C=O) groups is 1. The van der Waals surface area contributed by atoms with Crippen molar-refractivity contribution < 1.29 is 64.6 Å². The lowest BCUT2D eigenvalue weighted by Gasteiger charge is -2.46. The van der Waals surface area contributed by atoms with Gasteiger partial charge in [-0.1, -0.05) is 293 Å². The van der Waals surface area contributed by atoms with Crippen molar-refractivity contribution in [1.29, 1.82) is 0 Å². The van der Waals surface area contributed by atoms with Gasteiger partial charge in [-0.3, -0.25) is 4.79 Å². The van der Waals surface area contributed by atoms with Gasteiger partial charge in [0.1, 0.15) is 48.8 Å². The van der Waals surface area contributed by atoms with Gasteiger partial charge in [-0.05, 0) is 77.0 Å². The number of rotatable bonds is 61. The summed E-state index contributed by atoms with van der Waals surface area (Å²) < 4.78 is 22.8. The van der Waals surface area contributed by atoms with E-state index in [1.807, 2.05) is 6.08 Å². The lowest BCUT2D eigenvalue weighted by Crippen LogP contribution is -2.65. The number of nitrogens with one attached hydrogen (secondary N) is 1. The van der Waals surface area contributed by atoms with Crippen molar-refractivity contribution in [3.63, 3.8) is 0 Å². The van der Waals surface area contributed by atoms with E-state index in [1.165, 1.54) is 231 Å². The van der Waals surface area contributed by atoms with Crippen LogP contribution >= 0.6 is 0 Å². The van der Waals surface area contributed by atoms with Gasteiger partial charge in [0.2, 0.25) is 5.91 Å². The van der Waals surface area contributed by atoms with E-state index in [0.29, 0.717) is 12.8 Å². The minimum Gasteiger partial charge on any atom is -0.394 e. The maximum atomic E-state index is 13.3. The van der Waals surface area contributed by atoms with Crippen molar-refractivity contribution in [3.8, 4) is 0 Å². The van der Waals surface area contributed by atoms with E-state index in [4.69, 9.17) is 18.9 Å². The third kappa shape index (κ3) is 43.3. The highest BCUT2D eigenvalue weighted by atomic mass is 16.7. The molecule has 520 valence electrons. The largest absolute Gasteiger partial charge is 0.394 e. The molecule has 2 aliphatic heterocycles. The first kappa shape index (κ1) is 82.8. The third-order valence-corrected chi connectivity index (χ3v) is 17.9. The molecule has 9 N–H and O–H groups in total. The predicted octanol–water partition coefficient (Wildman–Crippen LogP) is 15.6. The summed E-state index contributed by atoms with van der Waals surface area (Å²) in [7, 11) is 0. The Bertz CT molecular complexity index is 1720. The molecule has 2 heterocycles. The molecule has 1 amide bonds. The Balaban J connectivity index is 1.63. The van der Waals surface area contributed by atoms with Crippen LogP contribution < -0.4 is 5.32 Å². The predicted molar refractivity (Wildman–Crippen MR) is 364 cm³/mol. The van der Waals surface area contributed by atoms with E-state index in [1.54, 1.807) is 6.08 Å². The molecule has 2 rings (SSSR count). The second-order valence-corrected chi connectivity index (χ2v) is 26.1. The first-order chi connectivity index (χ1) is 43.6. The zero-order chi connectivity index (χ0) is 64.5. The number of aliphatic hydroxyl groups excluding tert-OH is 8. The van der Waals surface area contributed by atoms with Crippen LogP contribution in [0.1, 0.15) is 316 Å². The zero-order valence-corrected chi connectivity index (χ0v) is 56.7. The van der Waals surface area contributed by atoms with E-state index in [9.17, 15) is 45.6 Å². The summed E-state index contributed by atoms with van der Waals surface area (Å²) in [5.74, 6) is -0.249. The second kappa shape index (κ2) is 59.4. The van der Waals surface area contributed by atoms with Crippen molar-refractivity contribution in [2.24, 2.45) is 0 Å². The van der Waals surface area contributed by atoms with Gasteiger partial charge in [-0.2, -0.15) is 0 Å². The molecular weight excluding hydrogens is 1120 g/mol.